The zero-order valence-corrected chi connectivity index (χ0v) is 24.8. The summed E-state index contributed by atoms with van der Waals surface area (Å²) < 4.78 is 19.1. The average molecular weight is 580 g/mol. The number of phenols is 1. The van der Waals surface area contributed by atoms with E-state index >= 15 is 0 Å². The van der Waals surface area contributed by atoms with Gasteiger partial charge in [-0.05, 0) is 85.3 Å². The van der Waals surface area contributed by atoms with Gasteiger partial charge < -0.3 is 30.5 Å². The van der Waals surface area contributed by atoms with Crippen LogP contribution in [0.25, 0.3) is 0 Å². The molecule has 8 nitrogen and oxygen atoms in total. The molecule has 3 rings (SSSR count). The predicted octanol–water partition coefficient (Wildman–Crippen LogP) is 4.68. The van der Waals surface area contributed by atoms with Crippen LogP contribution >= 0.6 is 0 Å². The SMILES string of the molecule is CCCN(CCC)C(=O)c1cc(C)cc(C(=O)N(Cc2cccc(OC)c2)C[C@@H](O)[C@@H](N)Cc2cc(O)cc(F)c2)c1. The van der Waals surface area contributed by atoms with Crippen LogP contribution in [0.4, 0.5) is 4.39 Å². The Morgan fingerprint density at radius 3 is 2.17 bits per heavy atom. The Hall–Kier alpha value is -3.95. The molecule has 3 aromatic carbocycles. The van der Waals surface area contributed by atoms with Gasteiger partial charge in [0.1, 0.15) is 17.3 Å². The van der Waals surface area contributed by atoms with Gasteiger partial charge in [0.05, 0.1) is 13.2 Å². The number of hydrogen-bond acceptors (Lipinski definition) is 6. The van der Waals surface area contributed by atoms with Crippen molar-refractivity contribution in [1.29, 1.82) is 0 Å². The Kier molecular flexibility index (Phi) is 11.9. The molecule has 0 saturated heterocycles. The van der Waals surface area contributed by atoms with Crippen molar-refractivity contribution in [2.24, 2.45) is 5.73 Å². The van der Waals surface area contributed by atoms with Crippen LogP contribution < -0.4 is 10.5 Å². The lowest BCUT2D eigenvalue weighted by atomic mass is 10.00. The minimum absolute atomic E-state index is 0.0848. The van der Waals surface area contributed by atoms with Crippen molar-refractivity contribution in [3.63, 3.8) is 0 Å². The van der Waals surface area contributed by atoms with E-state index in [1.807, 2.05) is 32.9 Å². The van der Waals surface area contributed by atoms with Gasteiger partial charge in [-0.25, -0.2) is 4.39 Å². The lowest BCUT2D eigenvalue weighted by molar-refractivity contribution is 0.0554. The van der Waals surface area contributed by atoms with E-state index in [1.54, 1.807) is 42.3 Å². The molecule has 4 N–H and O–H groups in total. The van der Waals surface area contributed by atoms with E-state index in [4.69, 9.17) is 10.5 Å². The molecule has 0 aliphatic heterocycles. The number of rotatable bonds is 14. The number of carbonyl (C=O) groups is 2. The first-order valence-electron chi connectivity index (χ1n) is 14.3. The third-order valence-electron chi connectivity index (χ3n) is 6.96. The van der Waals surface area contributed by atoms with Gasteiger partial charge in [0, 0.05) is 49.4 Å². The van der Waals surface area contributed by atoms with Gasteiger partial charge in [0.25, 0.3) is 11.8 Å². The van der Waals surface area contributed by atoms with Crippen LogP contribution in [0.5, 0.6) is 11.5 Å². The zero-order valence-electron chi connectivity index (χ0n) is 24.8. The molecule has 0 heterocycles. The van der Waals surface area contributed by atoms with Gasteiger partial charge in [0.15, 0.2) is 0 Å². The van der Waals surface area contributed by atoms with Crippen LogP contribution in [-0.4, -0.2) is 70.7 Å². The van der Waals surface area contributed by atoms with E-state index in [0.717, 1.165) is 30.0 Å². The zero-order chi connectivity index (χ0) is 30.8. The minimum atomic E-state index is -1.17. The normalized spacial score (nSPS) is 12.5. The summed E-state index contributed by atoms with van der Waals surface area (Å²) in [5, 5.41) is 20.8. The van der Waals surface area contributed by atoms with Crippen molar-refractivity contribution >= 4 is 11.8 Å². The summed E-state index contributed by atoms with van der Waals surface area (Å²) in [5.41, 5.74) is 9.02. The second-order valence-electron chi connectivity index (χ2n) is 10.7. The van der Waals surface area contributed by atoms with Gasteiger partial charge >= 0.3 is 0 Å². The second kappa shape index (κ2) is 15.3. The number of ether oxygens (including phenoxy) is 1. The highest BCUT2D eigenvalue weighted by molar-refractivity contribution is 6.00. The number of methoxy groups -OCH3 is 1. The summed E-state index contributed by atoms with van der Waals surface area (Å²) in [6, 6.07) is 15.2. The number of nitrogens with zero attached hydrogens (tertiary/aromatic N) is 2. The molecule has 0 aromatic heterocycles. The van der Waals surface area contributed by atoms with Crippen LogP contribution in [0, 0.1) is 12.7 Å². The number of nitrogens with two attached hydrogens (primary N) is 1. The molecule has 2 amide bonds. The van der Waals surface area contributed by atoms with Gasteiger partial charge in [-0.2, -0.15) is 0 Å². The Labute approximate surface area is 247 Å². The summed E-state index contributed by atoms with van der Waals surface area (Å²) in [5.74, 6) is -0.720. The third-order valence-corrected chi connectivity index (χ3v) is 6.96. The molecule has 2 atom stereocenters. The monoisotopic (exact) mass is 579 g/mol. The molecular formula is C33H42FN3O5. The minimum Gasteiger partial charge on any atom is -0.508 e. The van der Waals surface area contributed by atoms with Gasteiger partial charge in [-0.15, -0.1) is 0 Å². The molecule has 226 valence electrons. The van der Waals surface area contributed by atoms with Crippen molar-refractivity contribution in [3.8, 4) is 11.5 Å². The van der Waals surface area contributed by atoms with E-state index in [-0.39, 0.29) is 37.1 Å². The molecule has 0 fully saturated rings. The number of carbonyl (C=O) groups excluding carboxylic acids is 2. The molecule has 0 spiro atoms. The van der Waals surface area contributed by atoms with Crippen molar-refractivity contribution in [3.05, 3.63) is 94.3 Å². The Bertz CT molecular complexity index is 1340. The highest BCUT2D eigenvalue weighted by Gasteiger charge is 2.25. The summed E-state index contributed by atoms with van der Waals surface area (Å²) >= 11 is 0. The number of phenolic OH excluding ortho intramolecular Hbond substituents is 1. The fourth-order valence-corrected chi connectivity index (χ4v) is 4.98. The maximum atomic E-state index is 14.0. The molecule has 0 unspecified atom stereocenters. The van der Waals surface area contributed by atoms with Crippen molar-refractivity contribution in [1.82, 2.24) is 9.80 Å². The summed E-state index contributed by atoms with van der Waals surface area (Å²) in [4.78, 5) is 30.6. The summed E-state index contributed by atoms with van der Waals surface area (Å²) in [7, 11) is 1.56. The fourth-order valence-electron chi connectivity index (χ4n) is 4.98. The molecular weight excluding hydrogens is 537 g/mol. The molecule has 0 aliphatic rings. The van der Waals surface area contributed by atoms with Crippen molar-refractivity contribution in [2.45, 2.75) is 58.7 Å². The van der Waals surface area contributed by atoms with Crippen molar-refractivity contribution in [2.75, 3.05) is 26.7 Å². The Morgan fingerprint density at radius 1 is 0.929 bits per heavy atom. The first-order chi connectivity index (χ1) is 20.0. The molecule has 9 heteroatoms. The van der Waals surface area contributed by atoms with Gasteiger partial charge in [0.2, 0.25) is 0 Å². The van der Waals surface area contributed by atoms with Crippen LogP contribution in [0.2, 0.25) is 0 Å². The number of benzene rings is 3. The highest BCUT2D eigenvalue weighted by Crippen LogP contribution is 2.21. The molecule has 0 radical (unpaired) electrons. The second-order valence-corrected chi connectivity index (χ2v) is 10.7. The summed E-state index contributed by atoms with van der Waals surface area (Å²) in [6.07, 6.45) is 0.567. The van der Waals surface area contributed by atoms with E-state index in [2.05, 4.69) is 0 Å². The van der Waals surface area contributed by atoms with Crippen molar-refractivity contribution < 1.29 is 28.9 Å². The van der Waals surface area contributed by atoms with Gasteiger partial charge in [-0.3, -0.25) is 9.59 Å². The quantitative estimate of drug-likeness (QED) is 0.255. The largest absolute Gasteiger partial charge is 0.508 e. The summed E-state index contributed by atoms with van der Waals surface area (Å²) in [6.45, 7) is 7.15. The predicted molar refractivity (Wildman–Crippen MR) is 161 cm³/mol. The number of aliphatic hydroxyl groups is 1. The number of aryl methyl sites for hydroxylation is 1. The Morgan fingerprint density at radius 2 is 1.57 bits per heavy atom. The van der Waals surface area contributed by atoms with Gasteiger partial charge in [-0.1, -0.05) is 26.0 Å². The Balaban J connectivity index is 1.91. The molecule has 0 aliphatic carbocycles. The van der Waals surface area contributed by atoms with Crippen LogP contribution in [0.15, 0.2) is 60.7 Å². The fraction of sp³-hybridized carbons (Fsp3) is 0.394. The average Bonchev–Trinajstić information content (AvgIpc) is 2.95. The number of aromatic hydroxyl groups is 1. The maximum Gasteiger partial charge on any atom is 0.254 e. The lowest BCUT2D eigenvalue weighted by Gasteiger charge is -2.29. The standard InChI is InChI=1S/C33H42FN3O5/c1-5-10-36(11-6-2)32(40)25-12-22(3)13-26(18-25)33(41)37(20-23-8-7-9-29(16-23)42-4)21-31(39)30(35)17-24-14-27(34)19-28(38)15-24/h7-9,12-16,18-19,30-31,38-39H,5-6,10-11,17,20-21,35H2,1-4H3/t30-,31+/m0/s1. The van der Waals surface area contributed by atoms with E-state index in [9.17, 15) is 24.2 Å². The van der Waals surface area contributed by atoms with Crippen LogP contribution in [0.1, 0.15) is 64.1 Å². The number of hydrogen-bond donors (Lipinski definition) is 3. The molecule has 0 bridgehead atoms. The maximum absolute atomic E-state index is 14.0. The third kappa shape index (κ3) is 9.03. The van der Waals surface area contributed by atoms with Crippen LogP contribution in [-0.2, 0) is 13.0 Å². The smallest absolute Gasteiger partial charge is 0.254 e. The number of aliphatic hydroxyl groups excluding tert-OH is 1. The number of halogens is 1. The number of amides is 2. The first kappa shape index (κ1) is 32.6. The molecule has 0 saturated carbocycles. The van der Waals surface area contributed by atoms with Crippen LogP contribution in [0.3, 0.4) is 0 Å². The van der Waals surface area contributed by atoms with E-state index in [1.165, 1.54) is 17.0 Å². The highest BCUT2D eigenvalue weighted by atomic mass is 19.1. The van der Waals surface area contributed by atoms with E-state index < -0.39 is 18.0 Å². The topological polar surface area (TPSA) is 116 Å². The molecule has 42 heavy (non-hydrogen) atoms. The van der Waals surface area contributed by atoms with E-state index in [0.29, 0.717) is 35.5 Å². The first-order valence-corrected chi connectivity index (χ1v) is 14.3. The molecule has 3 aromatic rings. The lowest BCUT2D eigenvalue weighted by Crippen LogP contribution is -2.46.